The fourth-order valence-corrected chi connectivity index (χ4v) is 1.98. The molecule has 0 bridgehead atoms. The van der Waals surface area contributed by atoms with Crippen LogP contribution in [0.3, 0.4) is 0 Å². The zero-order chi connectivity index (χ0) is 16.5. The van der Waals surface area contributed by atoms with Crippen LogP contribution in [0.2, 0.25) is 0 Å². The topological polar surface area (TPSA) is 40.0 Å². The fraction of sp³-hybridized carbons (Fsp3) is 0.316. The van der Waals surface area contributed by atoms with Crippen molar-refractivity contribution in [2.45, 2.75) is 20.5 Å². The number of rotatable bonds is 8. The van der Waals surface area contributed by atoms with Gasteiger partial charge in [-0.3, -0.25) is 0 Å². The summed E-state index contributed by atoms with van der Waals surface area (Å²) in [4.78, 5) is 5.43. The Labute approximate surface area is 137 Å². The Morgan fingerprint density at radius 1 is 0.957 bits per heavy atom. The zero-order valence-electron chi connectivity index (χ0n) is 13.9. The molecule has 0 fully saturated rings. The summed E-state index contributed by atoms with van der Waals surface area (Å²) in [5, 5.41) is 4.17. The number of hydrogen-bond donors (Lipinski definition) is 0. The SMILES string of the molecule is COCCOc1ccc(C(C)=NOCc2ccc(C)cc2)cc1. The lowest BCUT2D eigenvalue weighted by molar-refractivity contribution is 0.130. The highest BCUT2D eigenvalue weighted by Gasteiger charge is 2.00. The summed E-state index contributed by atoms with van der Waals surface area (Å²) in [5.74, 6) is 0.819. The van der Waals surface area contributed by atoms with Crippen LogP contribution in [0.25, 0.3) is 0 Å². The molecule has 0 saturated carbocycles. The number of oxime groups is 1. The second-order valence-corrected chi connectivity index (χ2v) is 5.30. The predicted octanol–water partition coefficient (Wildman–Crippen LogP) is 3.96. The lowest BCUT2D eigenvalue weighted by Gasteiger charge is -2.07. The molecule has 4 heteroatoms. The summed E-state index contributed by atoms with van der Waals surface area (Å²) in [5.41, 5.74) is 4.18. The van der Waals surface area contributed by atoms with Gasteiger partial charge in [-0.2, -0.15) is 0 Å². The molecule has 122 valence electrons. The molecule has 4 nitrogen and oxygen atoms in total. The molecule has 0 aliphatic heterocycles. The molecule has 0 aliphatic carbocycles. The van der Waals surface area contributed by atoms with Crippen LogP contribution in [-0.2, 0) is 16.2 Å². The van der Waals surface area contributed by atoms with Crippen molar-refractivity contribution in [3.63, 3.8) is 0 Å². The van der Waals surface area contributed by atoms with E-state index >= 15 is 0 Å². The van der Waals surface area contributed by atoms with Gasteiger partial charge in [0.2, 0.25) is 0 Å². The second-order valence-electron chi connectivity index (χ2n) is 5.30. The van der Waals surface area contributed by atoms with Gasteiger partial charge in [-0.15, -0.1) is 0 Å². The molecule has 0 spiro atoms. The van der Waals surface area contributed by atoms with Crippen molar-refractivity contribution in [2.24, 2.45) is 5.16 Å². The van der Waals surface area contributed by atoms with Crippen molar-refractivity contribution < 1.29 is 14.3 Å². The van der Waals surface area contributed by atoms with Gasteiger partial charge < -0.3 is 14.3 Å². The van der Waals surface area contributed by atoms with Gasteiger partial charge in [-0.1, -0.05) is 35.0 Å². The van der Waals surface area contributed by atoms with Gasteiger partial charge in [0.25, 0.3) is 0 Å². The van der Waals surface area contributed by atoms with Crippen LogP contribution >= 0.6 is 0 Å². The van der Waals surface area contributed by atoms with Gasteiger partial charge in [0, 0.05) is 7.11 Å². The third kappa shape index (κ3) is 5.75. The monoisotopic (exact) mass is 313 g/mol. The van der Waals surface area contributed by atoms with Crippen molar-refractivity contribution >= 4 is 5.71 Å². The number of benzene rings is 2. The Morgan fingerprint density at radius 2 is 1.65 bits per heavy atom. The van der Waals surface area contributed by atoms with E-state index in [0.717, 1.165) is 22.6 Å². The van der Waals surface area contributed by atoms with Crippen LogP contribution in [0.4, 0.5) is 0 Å². The van der Waals surface area contributed by atoms with Gasteiger partial charge in [-0.25, -0.2) is 0 Å². The summed E-state index contributed by atoms with van der Waals surface area (Å²) >= 11 is 0. The summed E-state index contributed by atoms with van der Waals surface area (Å²) in [6.07, 6.45) is 0. The molecule has 0 heterocycles. The molecule has 0 saturated heterocycles. The Bertz CT molecular complexity index is 618. The Hall–Kier alpha value is -2.33. The summed E-state index contributed by atoms with van der Waals surface area (Å²) < 4.78 is 10.5. The van der Waals surface area contributed by atoms with Gasteiger partial charge in [0.15, 0.2) is 0 Å². The van der Waals surface area contributed by atoms with Crippen molar-refractivity contribution in [3.05, 3.63) is 65.2 Å². The average molecular weight is 313 g/mol. The lowest BCUT2D eigenvalue weighted by Crippen LogP contribution is -2.04. The summed E-state index contributed by atoms with van der Waals surface area (Å²) in [6, 6.07) is 16.0. The highest BCUT2D eigenvalue weighted by atomic mass is 16.6. The van der Waals surface area contributed by atoms with Gasteiger partial charge in [-0.05, 0) is 49.2 Å². The van der Waals surface area contributed by atoms with E-state index in [2.05, 4.69) is 24.2 Å². The molecular formula is C19H23NO3. The first-order chi connectivity index (χ1) is 11.2. The molecule has 0 aliphatic rings. The molecule has 2 aromatic rings. The molecule has 0 unspecified atom stereocenters. The first kappa shape index (κ1) is 17.0. The van der Waals surface area contributed by atoms with E-state index in [4.69, 9.17) is 14.3 Å². The molecule has 23 heavy (non-hydrogen) atoms. The van der Waals surface area contributed by atoms with Crippen LogP contribution in [0, 0.1) is 6.92 Å². The molecule has 0 N–H and O–H groups in total. The summed E-state index contributed by atoms with van der Waals surface area (Å²) in [7, 11) is 1.66. The van der Waals surface area contributed by atoms with E-state index in [1.165, 1.54) is 5.56 Å². The molecule has 2 rings (SSSR count). The third-order valence-corrected chi connectivity index (χ3v) is 3.38. The smallest absolute Gasteiger partial charge is 0.142 e. The largest absolute Gasteiger partial charge is 0.491 e. The third-order valence-electron chi connectivity index (χ3n) is 3.38. The van der Waals surface area contributed by atoms with Crippen molar-refractivity contribution in [3.8, 4) is 5.75 Å². The predicted molar refractivity (Wildman–Crippen MR) is 92.0 cm³/mol. The summed E-state index contributed by atoms with van der Waals surface area (Å²) in [6.45, 7) is 5.58. The van der Waals surface area contributed by atoms with Crippen LogP contribution in [0.15, 0.2) is 53.7 Å². The van der Waals surface area contributed by atoms with Gasteiger partial charge in [0.1, 0.15) is 19.0 Å². The maximum atomic E-state index is 5.53. The first-order valence-electron chi connectivity index (χ1n) is 7.63. The van der Waals surface area contributed by atoms with Crippen molar-refractivity contribution in [2.75, 3.05) is 20.3 Å². The fourth-order valence-electron chi connectivity index (χ4n) is 1.98. The number of nitrogens with zero attached hydrogens (tertiary/aromatic N) is 1. The molecule has 0 amide bonds. The van der Waals surface area contributed by atoms with E-state index in [1.807, 2.05) is 43.3 Å². The van der Waals surface area contributed by atoms with Crippen LogP contribution < -0.4 is 4.74 Å². The molecule has 0 aromatic heterocycles. The molecule has 0 radical (unpaired) electrons. The van der Waals surface area contributed by atoms with Gasteiger partial charge in [0.05, 0.1) is 12.3 Å². The highest BCUT2D eigenvalue weighted by Crippen LogP contribution is 2.13. The minimum absolute atomic E-state index is 0.468. The second kappa shape index (κ2) is 8.96. The van der Waals surface area contributed by atoms with Gasteiger partial charge >= 0.3 is 0 Å². The van der Waals surface area contributed by atoms with E-state index < -0.39 is 0 Å². The minimum Gasteiger partial charge on any atom is -0.491 e. The maximum absolute atomic E-state index is 5.53. The van der Waals surface area contributed by atoms with Crippen LogP contribution in [-0.4, -0.2) is 26.0 Å². The van der Waals surface area contributed by atoms with E-state index in [-0.39, 0.29) is 0 Å². The first-order valence-corrected chi connectivity index (χ1v) is 7.63. The Morgan fingerprint density at radius 3 is 2.30 bits per heavy atom. The standard InChI is InChI=1S/C19H23NO3/c1-15-4-6-17(7-5-15)14-23-20-16(2)18-8-10-19(11-9-18)22-13-12-21-3/h4-11H,12-14H2,1-3H3. The van der Waals surface area contributed by atoms with Crippen molar-refractivity contribution in [1.29, 1.82) is 0 Å². The Kier molecular flexibility index (Phi) is 6.63. The minimum atomic E-state index is 0.468. The number of ether oxygens (including phenoxy) is 2. The van der Waals surface area contributed by atoms with Crippen LogP contribution in [0.5, 0.6) is 5.75 Å². The zero-order valence-corrected chi connectivity index (χ0v) is 13.9. The normalized spacial score (nSPS) is 11.3. The quantitative estimate of drug-likeness (QED) is 0.421. The number of methoxy groups -OCH3 is 1. The van der Waals surface area contributed by atoms with E-state index in [9.17, 15) is 0 Å². The Balaban J connectivity index is 1.86. The molecule has 2 aromatic carbocycles. The average Bonchev–Trinajstić information content (AvgIpc) is 2.57. The molecular weight excluding hydrogens is 290 g/mol. The van der Waals surface area contributed by atoms with Crippen LogP contribution in [0.1, 0.15) is 23.6 Å². The van der Waals surface area contributed by atoms with E-state index in [1.54, 1.807) is 7.11 Å². The number of aryl methyl sites for hydroxylation is 1. The lowest BCUT2D eigenvalue weighted by atomic mass is 10.1. The van der Waals surface area contributed by atoms with E-state index in [0.29, 0.717) is 19.8 Å². The number of hydrogen-bond acceptors (Lipinski definition) is 4. The van der Waals surface area contributed by atoms with Crippen molar-refractivity contribution in [1.82, 2.24) is 0 Å². The molecule has 0 atom stereocenters. The maximum Gasteiger partial charge on any atom is 0.142 e. The highest BCUT2D eigenvalue weighted by molar-refractivity contribution is 5.98.